The molecule has 0 aliphatic carbocycles. The van der Waals surface area contributed by atoms with Crippen LogP contribution in [0.15, 0.2) is 18.2 Å². The van der Waals surface area contributed by atoms with E-state index in [4.69, 9.17) is 10.5 Å². The number of ether oxygens (including phenoxy) is 1. The third-order valence-electron chi connectivity index (χ3n) is 2.41. The summed E-state index contributed by atoms with van der Waals surface area (Å²) < 4.78 is 30.3. The van der Waals surface area contributed by atoms with Crippen LogP contribution in [0, 0.1) is 0 Å². The van der Waals surface area contributed by atoms with Crippen molar-refractivity contribution in [3.05, 3.63) is 18.2 Å². The molecule has 108 valence electrons. The summed E-state index contributed by atoms with van der Waals surface area (Å²) in [6, 6.07) is 5.29. The van der Waals surface area contributed by atoms with E-state index >= 15 is 0 Å². The highest BCUT2D eigenvalue weighted by Crippen LogP contribution is 2.22. The van der Waals surface area contributed by atoms with Gasteiger partial charge in [-0.15, -0.1) is 0 Å². The lowest BCUT2D eigenvalue weighted by Gasteiger charge is -2.11. The Balaban J connectivity index is 2.60. The van der Waals surface area contributed by atoms with Gasteiger partial charge in [0.05, 0.1) is 12.4 Å². The average molecular weight is 287 g/mol. The number of sulfonamides is 1. The van der Waals surface area contributed by atoms with Gasteiger partial charge in [-0.05, 0) is 19.5 Å². The van der Waals surface area contributed by atoms with E-state index in [1.54, 1.807) is 18.2 Å². The molecule has 1 rings (SSSR count). The Labute approximate surface area is 114 Å². The van der Waals surface area contributed by atoms with Gasteiger partial charge in [-0.25, -0.2) is 13.1 Å². The standard InChI is InChI=1S/C12H21N3O3S/c1-3-5-18-12-8-10(13)7-11(9-12)15-4-6-19(16,17)14-2/h7-9,14-15H,3-6,13H2,1-2H3. The summed E-state index contributed by atoms with van der Waals surface area (Å²) in [6.07, 6.45) is 0.915. The molecule has 1 aromatic carbocycles. The molecule has 0 fully saturated rings. The maximum Gasteiger partial charge on any atom is 0.213 e. The molecule has 6 nitrogen and oxygen atoms in total. The Kier molecular flexibility index (Phi) is 5.91. The first-order valence-corrected chi connectivity index (χ1v) is 7.80. The van der Waals surface area contributed by atoms with E-state index in [1.165, 1.54) is 7.05 Å². The highest BCUT2D eigenvalue weighted by atomic mass is 32.2. The number of rotatable bonds is 8. The molecule has 0 aliphatic rings. The number of benzene rings is 1. The number of nitrogen functional groups attached to an aromatic ring is 1. The van der Waals surface area contributed by atoms with E-state index in [0.29, 0.717) is 24.6 Å². The monoisotopic (exact) mass is 287 g/mol. The molecule has 0 spiro atoms. The van der Waals surface area contributed by atoms with Gasteiger partial charge in [0.25, 0.3) is 0 Å². The fourth-order valence-electron chi connectivity index (χ4n) is 1.46. The zero-order chi connectivity index (χ0) is 14.3. The van der Waals surface area contributed by atoms with Crippen molar-refractivity contribution >= 4 is 21.4 Å². The van der Waals surface area contributed by atoms with Gasteiger partial charge >= 0.3 is 0 Å². The lowest BCUT2D eigenvalue weighted by Crippen LogP contribution is -2.26. The highest BCUT2D eigenvalue weighted by molar-refractivity contribution is 7.89. The molecule has 0 heterocycles. The van der Waals surface area contributed by atoms with Crippen LogP contribution in [0.25, 0.3) is 0 Å². The van der Waals surface area contributed by atoms with Gasteiger partial charge in [0.2, 0.25) is 10.0 Å². The number of anilines is 2. The van der Waals surface area contributed by atoms with Crippen LogP contribution >= 0.6 is 0 Å². The summed E-state index contributed by atoms with van der Waals surface area (Å²) in [4.78, 5) is 0. The van der Waals surface area contributed by atoms with E-state index < -0.39 is 10.0 Å². The average Bonchev–Trinajstić information content (AvgIpc) is 2.35. The fraction of sp³-hybridized carbons (Fsp3) is 0.500. The van der Waals surface area contributed by atoms with Crippen LogP contribution in [-0.2, 0) is 10.0 Å². The second-order valence-electron chi connectivity index (χ2n) is 4.09. The van der Waals surface area contributed by atoms with Crippen molar-refractivity contribution in [1.29, 1.82) is 0 Å². The van der Waals surface area contributed by atoms with Crippen molar-refractivity contribution in [1.82, 2.24) is 4.72 Å². The van der Waals surface area contributed by atoms with Gasteiger partial charge in [0.1, 0.15) is 5.75 Å². The summed E-state index contributed by atoms with van der Waals surface area (Å²) in [7, 11) is -1.80. The molecule has 0 unspecified atom stereocenters. The van der Waals surface area contributed by atoms with Crippen LogP contribution in [0.3, 0.4) is 0 Å². The molecule has 1 aromatic rings. The minimum Gasteiger partial charge on any atom is -0.493 e. The largest absolute Gasteiger partial charge is 0.493 e. The first-order valence-electron chi connectivity index (χ1n) is 6.15. The molecular formula is C12H21N3O3S. The van der Waals surface area contributed by atoms with E-state index in [2.05, 4.69) is 10.0 Å². The second kappa shape index (κ2) is 7.20. The van der Waals surface area contributed by atoms with Crippen molar-refractivity contribution in [2.75, 3.05) is 37.0 Å². The molecule has 0 saturated carbocycles. The Morgan fingerprint density at radius 2 is 2.05 bits per heavy atom. The Hall–Kier alpha value is -1.47. The van der Waals surface area contributed by atoms with Crippen LogP contribution < -0.4 is 20.5 Å². The fourth-order valence-corrected chi connectivity index (χ4v) is 2.03. The SMILES string of the molecule is CCCOc1cc(N)cc(NCCS(=O)(=O)NC)c1. The maximum absolute atomic E-state index is 11.3. The third-order valence-corrected chi connectivity index (χ3v) is 3.78. The van der Waals surface area contributed by atoms with Crippen molar-refractivity contribution in [2.24, 2.45) is 0 Å². The van der Waals surface area contributed by atoms with E-state index in [9.17, 15) is 8.42 Å². The smallest absolute Gasteiger partial charge is 0.213 e. The molecular weight excluding hydrogens is 266 g/mol. The molecule has 0 amide bonds. The topological polar surface area (TPSA) is 93.4 Å². The molecule has 0 atom stereocenters. The van der Waals surface area contributed by atoms with E-state index in [1.807, 2.05) is 6.92 Å². The number of hydrogen-bond acceptors (Lipinski definition) is 5. The summed E-state index contributed by atoms with van der Waals surface area (Å²) >= 11 is 0. The summed E-state index contributed by atoms with van der Waals surface area (Å²) in [5, 5.41) is 3.01. The van der Waals surface area contributed by atoms with Crippen molar-refractivity contribution in [3.8, 4) is 5.75 Å². The van der Waals surface area contributed by atoms with E-state index in [0.717, 1.165) is 12.1 Å². The summed E-state index contributed by atoms with van der Waals surface area (Å²) in [6.45, 7) is 2.95. The first-order chi connectivity index (χ1) is 8.96. The van der Waals surface area contributed by atoms with Crippen LogP contribution in [0.5, 0.6) is 5.75 Å². The zero-order valence-corrected chi connectivity index (χ0v) is 12.1. The zero-order valence-electron chi connectivity index (χ0n) is 11.3. The van der Waals surface area contributed by atoms with Crippen molar-refractivity contribution in [2.45, 2.75) is 13.3 Å². The van der Waals surface area contributed by atoms with Crippen LogP contribution in [0.4, 0.5) is 11.4 Å². The normalized spacial score (nSPS) is 11.3. The Bertz CT molecular complexity index is 503. The van der Waals surface area contributed by atoms with Crippen LogP contribution in [0.2, 0.25) is 0 Å². The van der Waals surface area contributed by atoms with Gasteiger partial charge in [0, 0.05) is 30.1 Å². The van der Waals surface area contributed by atoms with Gasteiger partial charge in [-0.2, -0.15) is 0 Å². The second-order valence-corrected chi connectivity index (χ2v) is 6.13. The molecule has 7 heteroatoms. The molecule has 0 radical (unpaired) electrons. The quantitative estimate of drug-likeness (QED) is 0.621. The lowest BCUT2D eigenvalue weighted by molar-refractivity contribution is 0.318. The third kappa shape index (κ3) is 5.80. The minimum atomic E-state index is -3.20. The Morgan fingerprint density at radius 3 is 2.68 bits per heavy atom. The Morgan fingerprint density at radius 1 is 1.32 bits per heavy atom. The number of nitrogens with one attached hydrogen (secondary N) is 2. The number of nitrogens with two attached hydrogens (primary N) is 1. The molecule has 0 saturated heterocycles. The lowest BCUT2D eigenvalue weighted by atomic mass is 10.2. The predicted molar refractivity (Wildman–Crippen MR) is 78.0 cm³/mol. The van der Waals surface area contributed by atoms with Gasteiger partial charge < -0.3 is 15.8 Å². The number of hydrogen-bond donors (Lipinski definition) is 3. The van der Waals surface area contributed by atoms with Crippen LogP contribution in [0.1, 0.15) is 13.3 Å². The summed E-state index contributed by atoms with van der Waals surface area (Å²) in [5.41, 5.74) is 7.09. The molecule has 19 heavy (non-hydrogen) atoms. The molecule has 0 aromatic heterocycles. The van der Waals surface area contributed by atoms with Gasteiger partial charge in [-0.3, -0.25) is 0 Å². The minimum absolute atomic E-state index is 0.00342. The van der Waals surface area contributed by atoms with Gasteiger partial charge in [-0.1, -0.05) is 6.92 Å². The van der Waals surface area contributed by atoms with E-state index in [-0.39, 0.29) is 5.75 Å². The summed E-state index contributed by atoms with van der Waals surface area (Å²) in [5.74, 6) is 0.685. The molecule has 0 bridgehead atoms. The highest BCUT2D eigenvalue weighted by Gasteiger charge is 2.06. The van der Waals surface area contributed by atoms with Crippen molar-refractivity contribution < 1.29 is 13.2 Å². The van der Waals surface area contributed by atoms with Gasteiger partial charge in [0.15, 0.2) is 0 Å². The van der Waals surface area contributed by atoms with Crippen molar-refractivity contribution in [3.63, 3.8) is 0 Å². The first kappa shape index (κ1) is 15.6. The molecule has 4 N–H and O–H groups in total. The van der Waals surface area contributed by atoms with Crippen LogP contribution in [-0.4, -0.2) is 34.4 Å². The predicted octanol–water partition coefficient (Wildman–Crippen LogP) is 1.02. The molecule has 0 aliphatic heterocycles. The maximum atomic E-state index is 11.3.